The number of ether oxygens (including phenoxy) is 1. The molecule has 2 rings (SSSR count). The summed E-state index contributed by atoms with van der Waals surface area (Å²) in [6, 6.07) is 6.72. The standard InChI is InChI=1S/C16H16BrN3O5S/c1-9(21)18-15-19-12(8-26-15)14(22)25-13(16(2,3)20(23)24)10-4-6-11(17)7-5-10/h4-8,13H,1-3H3,(H,18,19,21). The Morgan fingerprint density at radius 2 is 1.96 bits per heavy atom. The van der Waals surface area contributed by atoms with Crippen molar-refractivity contribution in [3.63, 3.8) is 0 Å². The second-order valence-electron chi connectivity index (χ2n) is 5.97. The fourth-order valence-electron chi connectivity index (χ4n) is 2.10. The highest BCUT2D eigenvalue weighted by molar-refractivity contribution is 9.10. The molecule has 1 amide bonds. The molecule has 0 saturated heterocycles. The van der Waals surface area contributed by atoms with Crippen molar-refractivity contribution in [1.82, 2.24) is 4.98 Å². The minimum Gasteiger partial charge on any atom is -0.445 e. The van der Waals surface area contributed by atoms with E-state index in [0.717, 1.165) is 15.8 Å². The molecule has 8 nitrogen and oxygen atoms in total. The van der Waals surface area contributed by atoms with Crippen LogP contribution >= 0.6 is 27.3 Å². The van der Waals surface area contributed by atoms with Crippen LogP contribution in [0.1, 0.15) is 42.9 Å². The second-order valence-corrected chi connectivity index (χ2v) is 7.74. The van der Waals surface area contributed by atoms with Crippen molar-refractivity contribution in [1.29, 1.82) is 0 Å². The Bertz CT molecular complexity index is 835. The first-order chi connectivity index (χ1) is 12.1. The van der Waals surface area contributed by atoms with Crippen molar-refractivity contribution in [2.24, 2.45) is 0 Å². The van der Waals surface area contributed by atoms with E-state index in [-0.39, 0.29) is 16.7 Å². The molecule has 1 heterocycles. The lowest BCUT2D eigenvalue weighted by molar-refractivity contribution is -0.574. The fraction of sp³-hybridized carbons (Fsp3) is 0.312. The summed E-state index contributed by atoms with van der Waals surface area (Å²) < 4.78 is 6.24. The number of rotatable bonds is 6. The summed E-state index contributed by atoms with van der Waals surface area (Å²) in [5, 5.41) is 15.6. The van der Waals surface area contributed by atoms with Crippen LogP contribution in [-0.4, -0.2) is 27.3 Å². The monoisotopic (exact) mass is 441 g/mol. The van der Waals surface area contributed by atoms with Gasteiger partial charge in [-0.25, -0.2) is 9.78 Å². The Morgan fingerprint density at radius 3 is 2.50 bits per heavy atom. The van der Waals surface area contributed by atoms with E-state index in [1.165, 1.54) is 26.2 Å². The van der Waals surface area contributed by atoms with Gasteiger partial charge in [0.25, 0.3) is 5.54 Å². The zero-order valence-electron chi connectivity index (χ0n) is 14.2. The average molecular weight is 442 g/mol. The van der Waals surface area contributed by atoms with E-state index in [1.807, 2.05) is 0 Å². The number of thiazole rings is 1. The molecule has 0 fully saturated rings. The van der Waals surface area contributed by atoms with Crippen LogP contribution < -0.4 is 5.32 Å². The molecule has 1 aromatic heterocycles. The van der Waals surface area contributed by atoms with Crippen LogP contribution in [0.15, 0.2) is 34.1 Å². The van der Waals surface area contributed by atoms with E-state index >= 15 is 0 Å². The number of nitrogens with one attached hydrogen (secondary N) is 1. The third kappa shape index (κ3) is 4.64. The summed E-state index contributed by atoms with van der Waals surface area (Å²) in [7, 11) is 0. The SMILES string of the molecule is CC(=O)Nc1nc(C(=O)OC(c2ccc(Br)cc2)C(C)(C)[N+](=O)[O-])cs1. The molecular formula is C16H16BrN3O5S. The van der Waals surface area contributed by atoms with Gasteiger partial charge in [-0.05, 0) is 17.7 Å². The number of anilines is 1. The number of carbonyl (C=O) groups excluding carboxylic acids is 2. The number of amides is 1. The fourth-order valence-corrected chi connectivity index (χ4v) is 3.09. The number of aromatic nitrogens is 1. The Labute approximate surface area is 161 Å². The van der Waals surface area contributed by atoms with Gasteiger partial charge in [0.15, 0.2) is 16.9 Å². The molecule has 0 aliphatic rings. The lowest BCUT2D eigenvalue weighted by atomic mass is 9.92. The van der Waals surface area contributed by atoms with Crippen molar-refractivity contribution in [3.8, 4) is 0 Å². The van der Waals surface area contributed by atoms with Gasteiger partial charge < -0.3 is 10.1 Å². The van der Waals surface area contributed by atoms with Gasteiger partial charge in [0, 0.05) is 35.5 Å². The third-order valence-corrected chi connectivity index (χ3v) is 4.79. The second kappa shape index (κ2) is 7.92. The molecule has 1 unspecified atom stereocenters. The van der Waals surface area contributed by atoms with Gasteiger partial charge in [-0.1, -0.05) is 28.1 Å². The largest absolute Gasteiger partial charge is 0.445 e. The van der Waals surface area contributed by atoms with Crippen molar-refractivity contribution in [3.05, 3.63) is 55.5 Å². The Kier molecular flexibility index (Phi) is 6.09. The molecule has 1 N–H and O–H groups in total. The van der Waals surface area contributed by atoms with Crippen molar-refractivity contribution in [2.75, 3.05) is 5.32 Å². The van der Waals surface area contributed by atoms with Crippen molar-refractivity contribution < 1.29 is 19.2 Å². The molecule has 10 heteroatoms. The summed E-state index contributed by atoms with van der Waals surface area (Å²) in [5.74, 6) is -1.12. The van der Waals surface area contributed by atoms with Gasteiger partial charge in [0.1, 0.15) is 0 Å². The predicted molar refractivity (Wildman–Crippen MR) is 99.8 cm³/mol. The minimum absolute atomic E-state index is 0.0278. The van der Waals surface area contributed by atoms with Gasteiger partial charge in [-0.2, -0.15) is 0 Å². The molecule has 1 atom stereocenters. The highest BCUT2D eigenvalue weighted by Crippen LogP contribution is 2.33. The number of hydrogen-bond acceptors (Lipinski definition) is 7. The van der Waals surface area contributed by atoms with Crippen LogP contribution in [0.4, 0.5) is 5.13 Å². The molecule has 0 aliphatic carbocycles. The average Bonchev–Trinajstić information content (AvgIpc) is 3.01. The Hall–Kier alpha value is -2.33. The van der Waals surface area contributed by atoms with Crippen LogP contribution in [0.25, 0.3) is 0 Å². The van der Waals surface area contributed by atoms with Crippen LogP contribution in [0.3, 0.4) is 0 Å². The number of hydrogen-bond donors (Lipinski definition) is 1. The third-order valence-electron chi connectivity index (χ3n) is 3.51. The summed E-state index contributed by atoms with van der Waals surface area (Å²) in [4.78, 5) is 38.5. The van der Waals surface area contributed by atoms with E-state index in [0.29, 0.717) is 5.56 Å². The van der Waals surface area contributed by atoms with Gasteiger partial charge in [-0.3, -0.25) is 14.9 Å². The Balaban J connectivity index is 2.30. The maximum atomic E-state index is 12.4. The quantitative estimate of drug-likeness (QED) is 0.414. The van der Waals surface area contributed by atoms with Crippen molar-refractivity contribution >= 4 is 44.3 Å². The molecular weight excluding hydrogens is 426 g/mol. The molecule has 0 spiro atoms. The van der Waals surface area contributed by atoms with Crippen LogP contribution in [0.5, 0.6) is 0 Å². The maximum Gasteiger partial charge on any atom is 0.358 e. The molecule has 0 aliphatic heterocycles. The van der Waals surface area contributed by atoms with Gasteiger partial charge in [-0.15, -0.1) is 11.3 Å². The van der Waals surface area contributed by atoms with Gasteiger partial charge >= 0.3 is 5.97 Å². The topological polar surface area (TPSA) is 111 Å². The van der Waals surface area contributed by atoms with E-state index < -0.39 is 22.5 Å². The molecule has 0 radical (unpaired) electrons. The zero-order chi connectivity index (χ0) is 19.5. The summed E-state index contributed by atoms with van der Waals surface area (Å²) in [6.45, 7) is 4.09. The van der Waals surface area contributed by atoms with Crippen LogP contribution in [0, 0.1) is 10.1 Å². The first-order valence-electron chi connectivity index (χ1n) is 7.45. The number of nitro groups is 1. The summed E-state index contributed by atoms with van der Waals surface area (Å²) >= 11 is 4.36. The minimum atomic E-state index is -1.56. The first-order valence-corrected chi connectivity index (χ1v) is 9.12. The zero-order valence-corrected chi connectivity index (χ0v) is 16.6. The first kappa shape index (κ1) is 20.0. The van der Waals surface area contributed by atoms with Crippen LogP contribution in [-0.2, 0) is 9.53 Å². The van der Waals surface area contributed by atoms with E-state index in [2.05, 4.69) is 26.2 Å². The number of halogens is 1. The summed E-state index contributed by atoms with van der Waals surface area (Å²) in [6.07, 6.45) is -1.12. The van der Waals surface area contributed by atoms with Crippen LogP contribution in [0.2, 0.25) is 0 Å². The molecule has 0 saturated carbocycles. The summed E-state index contributed by atoms with van der Waals surface area (Å²) in [5.41, 5.74) is -1.10. The lowest BCUT2D eigenvalue weighted by Crippen LogP contribution is -2.40. The van der Waals surface area contributed by atoms with Gasteiger partial charge in [0.2, 0.25) is 5.91 Å². The van der Waals surface area contributed by atoms with E-state index in [1.54, 1.807) is 24.3 Å². The number of carbonyl (C=O) groups is 2. The molecule has 138 valence electrons. The smallest absolute Gasteiger partial charge is 0.358 e. The number of nitrogens with zero attached hydrogens (tertiary/aromatic N) is 2. The Morgan fingerprint density at radius 1 is 1.35 bits per heavy atom. The van der Waals surface area contributed by atoms with Crippen molar-refractivity contribution in [2.45, 2.75) is 32.4 Å². The molecule has 0 bridgehead atoms. The maximum absolute atomic E-state index is 12.4. The van der Waals surface area contributed by atoms with E-state index in [4.69, 9.17) is 4.74 Å². The highest BCUT2D eigenvalue weighted by atomic mass is 79.9. The normalized spacial score (nSPS) is 12.3. The van der Waals surface area contributed by atoms with Gasteiger partial charge in [0.05, 0.1) is 0 Å². The molecule has 26 heavy (non-hydrogen) atoms. The molecule has 1 aromatic carbocycles. The lowest BCUT2D eigenvalue weighted by Gasteiger charge is -2.26. The number of benzene rings is 1. The highest BCUT2D eigenvalue weighted by Gasteiger charge is 2.45. The number of esters is 1. The predicted octanol–water partition coefficient (Wildman–Crippen LogP) is 3.82. The molecule has 2 aromatic rings. The van der Waals surface area contributed by atoms with E-state index in [9.17, 15) is 19.7 Å².